The Balaban J connectivity index is 2.12. The molecule has 1 atom stereocenters. The zero-order valence-corrected chi connectivity index (χ0v) is 12.9. The summed E-state index contributed by atoms with van der Waals surface area (Å²) in [5, 5.41) is 0.949. The van der Waals surface area contributed by atoms with Gasteiger partial charge < -0.3 is 5.73 Å². The van der Waals surface area contributed by atoms with Gasteiger partial charge in [0.05, 0.1) is 5.52 Å². The number of fused-ring (bicyclic) bond motifs is 1. The Labute approximate surface area is 126 Å². The minimum Gasteiger partial charge on any atom is -0.330 e. The molecule has 0 fully saturated rings. The second-order valence-electron chi connectivity index (χ2n) is 5.92. The first kappa shape index (κ1) is 15.6. The molecule has 0 saturated heterocycles. The van der Waals surface area contributed by atoms with Crippen LogP contribution in [0.3, 0.4) is 0 Å². The number of aromatic nitrogens is 1. The van der Waals surface area contributed by atoms with E-state index in [2.05, 4.69) is 18.8 Å². The fourth-order valence-electron chi connectivity index (χ4n) is 2.82. The van der Waals surface area contributed by atoms with Gasteiger partial charge in [0.25, 0.3) is 0 Å². The third-order valence-electron chi connectivity index (χ3n) is 4.17. The van der Waals surface area contributed by atoms with E-state index in [1.807, 2.05) is 30.3 Å². The molecule has 0 amide bonds. The number of nitrogens with two attached hydrogens (primary N) is 1. The molecule has 0 radical (unpaired) electrons. The van der Waals surface area contributed by atoms with Gasteiger partial charge in [0.15, 0.2) is 5.78 Å². The third-order valence-corrected chi connectivity index (χ3v) is 4.17. The summed E-state index contributed by atoms with van der Waals surface area (Å²) in [6.07, 6.45) is 4.23. The van der Waals surface area contributed by atoms with Crippen LogP contribution in [0.2, 0.25) is 0 Å². The maximum atomic E-state index is 12.5. The van der Waals surface area contributed by atoms with Crippen molar-refractivity contribution in [3.05, 3.63) is 42.1 Å². The number of ketones is 1. The van der Waals surface area contributed by atoms with Crippen LogP contribution in [0.1, 0.15) is 43.5 Å². The summed E-state index contributed by atoms with van der Waals surface area (Å²) in [5.41, 5.74) is 7.33. The minimum absolute atomic E-state index is 0.205. The van der Waals surface area contributed by atoms with Crippen molar-refractivity contribution in [3.8, 4) is 0 Å². The maximum Gasteiger partial charge on any atom is 0.163 e. The predicted octanol–water partition coefficient (Wildman–Crippen LogP) is 3.82. The highest BCUT2D eigenvalue weighted by molar-refractivity contribution is 6.07. The number of Topliss-reactive ketones (excluding diaryl/α,β-unsaturated/α-hetero) is 1. The van der Waals surface area contributed by atoms with Crippen molar-refractivity contribution in [2.24, 2.45) is 17.6 Å². The molecule has 0 spiro atoms. The first-order chi connectivity index (χ1) is 10.1. The van der Waals surface area contributed by atoms with Gasteiger partial charge in [0.2, 0.25) is 0 Å². The van der Waals surface area contributed by atoms with Crippen LogP contribution in [0.5, 0.6) is 0 Å². The van der Waals surface area contributed by atoms with Gasteiger partial charge in [-0.25, -0.2) is 0 Å². The molecular formula is C18H24N2O. The van der Waals surface area contributed by atoms with E-state index in [9.17, 15) is 4.79 Å². The number of carbonyl (C=O) groups excluding carboxylic acids is 1. The Morgan fingerprint density at radius 1 is 1.19 bits per heavy atom. The van der Waals surface area contributed by atoms with E-state index in [1.165, 1.54) is 0 Å². The second kappa shape index (κ2) is 7.32. The molecular weight excluding hydrogens is 260 g/mol. The summed E-state index contributed by atoms with van der Waals surface area (Å²) in [4.78, 5) is 16.8. The van der Waals surface area contributed by atoms with Crippen LogP contribution in [-0.2, 0) is 0 Å². The lowest BCUT2D eigenvalue weighted by Crippen LogP contribution is -2.16. The Bertz CT molecular complexity index is 602. The first-order valence-corrected chi connectivity index (χ1v) is 7.70. The molecule has 1 aromatic heterocycles. The number of rotatable bonds is 7. The van der Waals surface area contributed by atoms with Crippen LogP contribution in [0.4, 0.5) is 0 Å². The lowest BCUT2D eigenvalue weighted by molar-refractivity contribution is 0.0970. The summed E-state index contributed by atoms with van der Waals surface area (Å²) in [5.74, 6) is 1.29. The molecule has 2 N–H and O–H groups in total. The predicted molar refractivity (Wildman–Crippen MR) is 87.3 cm³/mol. The fourth-order valence-corrected chi connectivity index (χ4v) is 2.82. The van der Waals surface area contributed by atoms with Crippen molar-refractivity contribution in [1.82, 2.24) is 4.98 Å². The summed E-state index contributed by atoms with van der Waals surface area (Å²) in [6.45, 7) is 5.09. The molecule has 0 bridgehead atoms. The van der Waals surface area contributed by atoms with Crippen molar-refractivity contribution in [3.63, 3.8) is 0 Å². The average Bonchev–Trinajstić information content (AvgIpc) is 2.50. The number of pyridine rings is 1. The molecule has 112 valence electrons. The molecule has 3 nitrogen and oxygen atoms in total. The van der Waals surface area contributed by atoms with E-state index in [-0.39, 0.29) is 5.78 Å². The van der Waals surface area contributed by atoms with Crippen LogP contribution in [0.15, 0.2) is 36.5 Å². The van der Waals surface area contributed by atoms with Gasteiger partial charge in [-0.15, -0.1) is 0 Å². The third kappa shape index (κ3) is 3.88. The van der Waals surface area contributed by atoms with E-state index in [0.717, 1.165) is 29.3 Å². The second-order valence-corrected chi connectivity index (χ2v) is 5.92. The molecule has 0 aliphatic rings. The molecule has 0 saturated carbocycles. The number of nitrogens with zero attached hydrogens (tertiary/aromatic N) is 1. The summed E-state index contributed by atoms with van der Waals surface area (Å²) >= 11 is 0. The maximum absolute atomic E-state index is 12.5. The van der Waals surface area contributed by atoms with E-state index >= 15 is 0 Å². The van der Waals surface area contributed by atoms with Gasteiger partial charge >= 0.3 is 0 Å². The summed E-state index contributed by atoms with van der Waals surface area (Å²) in [6, 6.07) is 9.60. The average molecular weight is 284 g/mol. The van der Waals surface area contributed by atoms with E-state index in [0.29, 0.717) is 24.8 Å². The zero-order chi connectivity index (χ0) is 15.2. The molecule has 3 heteroatoms. The van der Waals surface area contributed by atoms with Crippen molar-refractivity contribution < 1.29 is 4.79 Å². The topological polar surface area (TPSA) is 56.0 Å². The fraction of sp³-hybridized carbons (Fsp3) is 0.444. The molecule has 0 aliphatic heterocycles. The number of hydrogen-bond acceptors (Lipinski definition) is 3. The monoisotopic (exact) mass is 284 g/mol. The zero-order valence-electron chi connectivity index (χ0n) is 12.9. The Morgan fingerprint density at radius 2 is 2.00 bits per heavy atom. The van der Waals surface area contributed by atoms with Gasteiger partial charge in [0, 0.05) is 23.6 Å². The summed E-state index contributed by atoms with van der Waals surface area (Å²) < 4.78 is 0. The van der Waals surface area contributed by atoms with Gasteiger partial charge in [-0.1, -0.05) is 32.0 Å². The van der Waals surface area contributed by atoms with Crippen LogP contribution < -0.4 is 5.73 Å². The van der Waals surface area contributed by atoms with Gasteiger partial charge in [-0.2, -0.15) is 0 Å². The normalized spacial score (nSPS) is 12.8. The highest BCUT2D eigenvalue weighted by Crippen LogP contribution is 2.23. The number of benzene rings is 1. The molecule has 1 unspecified atom stereocenters. The van der Waals surface area contributed by atoms with Crippen LogP contribution in [-0.4, -0.2) is 17.3 Å². The van der Waals surface area contributed by atoms with Crippen molar-refractivity contribution in [2.45, 2.75) is 33.1 Å². The van der Waals surface area contributed by atoms with Crippen LogP contribution in [0.25, 0.3) is 10.9 Å². The SMILES string of the molecule is CC(C)C(CCN)CCC(=O)c1cccc2ncccc12. The Morgan fingerprint density at radius 3 is 2.71 bits per heavy atom. The molecule has 21 heavy (non-hydrogen) atoms. The molecule has 2 aromatic rings. The van der Waals surface area contributed by atoms with Crippen molar-refractivity contribution >= 4 is 16.7 Å². The standard InChI is InChI=1S/C18H24N2O/c1-13(2)14(10-11-19)8-9-18(21)16-5-3-7-17-15(16)6-4-12-20-17/h3-7,12-14H,8-11,19H2,1-2H3. The number of carbonyl (C=O) groups is 1. The Hall–Kier alpha value is -1.74. The smallest absolute Gasteiger partial charge is 0.163 e. The van der Waals surface area contributed by atoms with Gasteiger partial charge in [0.1, 0.15) is 0 Å². The molecule has 2 rings (SSSR count). The van der Waals surface area contributed by atoms with E-state index in [1.54, 1.807) is 6.20 Å². The van der Waals surface area contributed by atoms with Gasteiger partial charge in [-0.05, 0) is 43.4 Å². The van der Waals surface area contributed by atoms with Gasteiger partial charge in [-0.3, -0.25) is 9.78 Å². The lowest BCUT2D eigenvalue weighted by atomic mass is 9.86. The van der Waals surface area contributed by atoms with Crippen molar-refractivity contribution in [2.75, 3.05) is 6.54 Å². The quantitative estimate of drug-likeness (QED) is 0.786. The minimum atomic E-state index is 0.205. The van der Waals surface area contributed by atoms with E-state index in [4.69, 9.17) is 5.73 Å². The summed E-state index contributed by atoms with van der Waals surface area (Å²) in [7, 11) is 0. The van der Waals surface area contributed by atoms with Crippen LogP contribution >= 0.6 is 0 Å². The lowest BCUT2D eigenvalue weighted by Gasteiger charge is -2.19. The van der Waals surface area contributed by atoms with Crippen LogP contribution in [0, 0.1) is 11.8 Å². The molecule has 1 heterocycles. The molecule has 1 aromatic carbocycles. The number of hydrogen-bond donors (Lipinski definition) is 1. The largest absolute Gasteiger partial charge is 0.330 e. The molecule has 0 aliphatic carbocycles. The van der Waals surface area contributed by atoms with E-state index < -0.39 is 0 Å². The highest BCUT2D eigenvalue weighted by atomic mass is 16.1. The first-order valence-electron chi connectivity index (χ1n) is 7.70. The Kier molecular flexibility index (Phi) is 5.45. The van der Waals surface area contributed by atoms with Crippen molar-refractivity contribution in [1.29, 1.82) is 0 Å². The highest BCUT2D eigenvalue weighted by Gasteiger charge is 2.16.